The maximum absolute atomic E-state index is 12.8. The lowest BCUT2D eigenvalue weighted by Gasteiger charge is -2.09. The van der Waals surface area contributed by atoms with Gasteiger partial charge in [-0.15, -0.1) is 0 Å². The summed E-state index contributed by atoms with van der Waals surface area (Å²) in [7, 11) is 0. The molecule has 1 heterocycles. The highest BCUT2D eigenvalue weighted by atomic mass is 19.1. The molecule has 1 fully saturated rings. The van der Waals surface area contributed by atoms with Gasteiger partial charge in [-0.05, 0) is 36.0 Å². The van der Waals surface area contributed by atoms with Gasteiger partial charge >= 0.3 is 5.97 Å². The van der Waals surface area contributed by atoms with Crippen molar-refractivity contribution in [2.75, 3.05) is 0 Å². The molecule has 1 saturated carbocycles. The number of carboxylic acid groups (broad SMARTS) is 1. The van der Waals surface area contributed by atoms with Crippen LogP contribution in [-0.4, -0.2) is 20.6 Å². The van der Waals surface area contributed by atoms with Crippen molar-refractivity contribution < 1.29 is 14.3 Å². The Hall–Kier alpha value is -2.17. The Bertz CT molecular complexity index is 666. The number of nitrogens with zero attached hydrogens (tertiary/aromatic N) is 2. The van der Waals surface area contributed by atoms with Crippen LogP contribution in [0.2, 0.25) is 0 Å². The number of aryl methyl sites for hydroxylation is 1. The minimum Gasteiger partial charge on any atom is -0.481 e. The van der Waals surface area contributed by atoms with Gasteiger partial charge in [0.2, 0.25) is 5.95 Å². The fourth-order valence-electron chi connectivity index (χ4n) is 2.58. The van der Waals surface area contributed by atoms with Gasteiger partial charge in [-0.1, -0.05) is 18.2 Å². The van der Waals surface area contributed by atoms with Crippen molar-refractivity contribution in [1.82, 2.24) is 9.55 Å². The minimum atomic E-state index is -0.717. The van der Waals surface area contributed by atoms with Crippen LogP contribution >= 0.6 is 0 Å². The van der Waals surface area contributed by atoms with Gasteiger partial charge < -0.3 is 9.67 Å². The van der Waals surface area contributed by atoms with Crippen molar-refractivity contribution >= 4 is 5.97 Å². The van der Waals surface area contributed by atoms with E-state index < -0.39 is 11.9 Å². The summed E-state index contributed by atoms with van der Waals surface area (Å²) in [5.74, 6) is -1.29. The first-order valence-electron chi connectivity index (χ1n) is 6.54. The van der Waals surface area contributed by atoms with Crippen LogP contribution < -0.4 is 0 Å². The lowest BCUT2D eigenvalue weighted by atomic mass is 10.0. The molecule has 1 aromatic heterocycles. The van der Waals surface area contributed by atoms with Crippen LogP contribution in [0.15, 0.2) is 30.7 Å². The van der Waals surface area contributed by atoms with Gasteiger partial charge in [0, 0.05) is 6.54 Å². The summed E-state index contributed by atoms with van der Waals surface area (Å²) < 4.78 is 14.5. The van der Waals surface area contributed by atoms with Crippen LogP contribution in [0.5, 0.6) is 0 Å². The van der Waals surface area contributed by atoms with Crippen molar-refractivity contribution in [3.05, 3.63) is 53.4 Å². The average molecular weight is 274 g/mol. The van der Waals surface area contributed by atoms with E-state index >= 15 is 0 Å². The summed E-state index contributed by atoms with van der Waals surface area (Å²) in [6.45, 7) is 2.56. The number of rotatable bonds is 4. The number of imidazole rings is 1. The largest absolute Gasteiger partial charge is 0.481 e. The molecule has 1 aromatic carbocycles. The lowest BCUT2D eigenvalue weighted by molar-refractivity contribution is -0.138. The summed E-state index contributed by atoms with van der Waals surface area (Å²) >= 11 is 0. The van der Waals surface area contributed by atoms with E-state index in [4.69, 9.17) is 5.11 Å². The topological polar surface area (TPSA) is 55.1 Å². The number of halogens is 1. The summed E-state index contributed by atoms with van der Waals surface area (Å²) in [5, 5.41) is 8.96. The van der Waals surface area contributed by atoms with E-state index in [1.54, 1.807) is 4.57 Å². The van der Waals surface area contributed by atoms with Crippen molar-refractivity contribution in [1.29, 1.82) is 0 Å². The standard InChI is InChI=1S/C15H15FN2O2/c1-9-4-10(12-5-13(12)15(19)20)2-3-11(9)6-18-7-14(16)17-8-18/h2-4,7-8,12-13H,5-6H2,1H3,(H,19,20). The predicted octanol–water partition coefficient (Wildman–Crippen LogP) is 2.57. The van der Waals surface area contributed by atoms with Crippen molar-refractivity contribution in [2.24, 2.45) is 5.92 Å². The number of carbonyl (C=O) groups is 1. The second-order valence-corrected chi connectivity index (χ2v) is 5.34. The van der Waals surface area contributed by atoms with Gasteiger partial charge in [-0.25, -0.2) is 4.98 Å². The quantitative estimate of drug-likeness (QED) is 0.932. The molecule has 0 bridgehead atoms. The Balaban J connectivity index is 1.76. The molecule has 0 radical (unpaired) electrons. The van der Waals surface area contributed by atoms with Gasteiger partial charge in [0.25, 0.3) is 0 Å². The van der Waals surface area contributed by atoms with Gasteiger partial charge in [-0.3, -0.25) is 4.79 Å². The van der Waals surface area contributed by atoms with Crippen LogP contribution in [0, 0.1) is 18.8 Å². The monoisotopic (exact) mass is 274 g/mol. The number of hydrogen-bond donors (Lipinski definition) is 1. The molecule has 3 rings (SSSR count). The molecular formula is C15H15FN2O2. The van der Waals surface area contributed by atoms with Crippen LogP contribution in [0.4, 0.5) is 4.39 Å². The van der Waals surface area contributed by atoms with E-state index in [2.05, 4.69) is 4.98 Å². The van der Waals surface area contributed by atoms with Crippen LogP contribution in [0.1, 0.15) is 29.0 Å². The molecule has 1 aliphatic carbocycles. The maximum Gasteiger partial charge on any atom is 0.307 e. The zero-order valence-corrected chi connectivity index (χ0v) is 11.1. The number of hydrogen-bond acceptors (Lipinski definition) is 2. The molecule has 4 nitrogen and oxygen atoms in total. The first-order chi connectivity index (χ1) is 9.54. The van der Waals surface area contributed by atoms with Gasteiger partial charge in [0.05, 0.1) is 18.4 Å². The van der Waals surface area contributed by atoms with Gasteiger partial charge in [0.15, 0.2) is 0 Å². The third-order valence-electron chi connectivity index (χ3n) is 3.86. The van der Waals surface area contributed by atoms with Crippen molar-refractivity contribution in [3.8, 4) is 0 Å². The van der Waals surface area contributed by atoms with Crippen LogP contribution in [0.3, 0.4) is 0 Å². The Labute approximate surface area is 115 Å². The molecule has 104 valence electrons. The Morgan fingerprint density at radius 1 is 1.55 bits per heavy atom. The van der Waals surface area contributed by atoms with Gasteiger partial charge in [-0.2, -0.15) is 4.39 Å². The molecule has 2 unspecified atom stereocenters. The molecule has 20 heavy (non-hydrogen) atoms. The average Bonchev–Trinajstić information content (AvgIpc) is 3.10. The van der Waals surface area contributed by atoms with E-state index in [1.807, 2.05) is 25.1 Å². The summed E-state index contributed by atoms with van der Waals surface area (Å²) in [4.78, 5) is 14.5. The van der Waals surface area contributed by atoms with E-state index in [0.29, 0.717) is 6.54 Å². The molecular weight excluding hydrogens is 259 g/mol. The van der Waals surface area contributed by atoms with E-state index in [-0.39, 0.29) is 11.8 Å². The highest BCUT2D eigenvalue weighted by Gasteiger charge is 2.44. The second-order valence-electron chi connectivity index (χ2n) is 5.34. The number of aliphatic carboxylic acids is 1. The molecule has 0 amide bonds. The smallest absolute Gasteiger partial charge is 0.307 e. The minimum absolute atomic E-state index is 0.144. The summed E-state index contributed by atoms with van der Waals surface area (Å²) in [6.07, 6.45) is 3.54. The lowest BCUT2D eigenvalue weighted by Crippen LogP contribution is -2.01. The predicted molar refractivity (Wildman–Crippen MR) is 70.9 cm³/mol. The number of aromatic nitrogens is 2. The molecule has 5 heteroatoms. The molecule has 2 aromatic rings. The Morgan fingerprint density at radius 2 is 2.35 bits per heavy atom. The first-order valence-corrected chi connectivity index (χ1v) is 6.54. The first kappa shape index (κ1) is 12.8. The van der Waals surface area contributed by atoms with Crippen molar-refractivity contribution in [2.45, 2.75) is 25.8 Å². The SMILES string of the molecule is Cc1cc(C2CC2C(=O)O)ccc1Cn1cnc(F)c1. The Morgan fingerprint density at radius 3 is 2.90 bits per heavy atom. The highest BCUT2D eigenvalue weighted by molar-refractivity contribution is 5.75. The molecule has 2 atom stereocenters. The van der Waals surface area contributed by atoms with Crippen molar-refractivity contribution in [3.63, 3.8) is 0 Å². The fraction of sp³-hybridized carbons (Fsp3) is 0.333. The van der Waals surface area contributed by atoms with Crippen LogP contribution in [-0.2, 0) is 11.3 Å². The fourth-order valence-corrected chi connectivity index (χ4v) is 2.58. The van der Waals surface area contributed by atoms with E-state index in [1.165, 1.54) is 12.5 Å². The third-order valence-corrected chi connectivity index (χ3v) is 3.86. The summed E-state index contributed by atoms with van der Waals surface area (Å²) in [5.41, 5.74) is 3.25. The van der Waals surface area contributed by atoms with E-state index in [0.717, 1.165) is 23.1 Å². The molecule has 0 spiro atoms. The summed E-state index contributed by atoms with van der Waals surface area (Å²) in [6, 6.07) is 6.00. The Kier molecular flexibility index (Phi) is 3.04. The third kappa shape index (κ3) is 2.43. The number of benzene rings is 1. The zero-order valence-electron chi connectivity index (χ0n) is 11.1. The van der Waals surface area contributed by atoms with Crippen LogP contribution in [0.25, 0.3) is 0 Å². The molecule has 0 saturated heterocycles. The zero-order chi connectivity index (χ0) is 14.3. The second kappa shape index (κ2) is 4.74. The van der Waals surface area contributed by atoms with Gasteiger partial charge in [0.1, 0.15) is 0 Å². The normalized spacial score (nSPS) is 20.9. The highest BCUT2D eigenvalue weighted by Crippen LogP contribution is 2.47. The van der Waals surface area contributed by atoms with E-state index in [9.17, 15) is 9.18 Å². The molecule has 0 aliphatic heterocycles. The molecule has 1 aliphatic rings. The number of carboxylic acids is 1. The maximum atomic E-state index is 12.8. The molecule has 1 N–H and O–H groups in total.